The number of nitrogens with zero attached hydrogens (tertiary/aromatic N) is 3. The molecular formula is C15H10F3N3O2. The molecule has 0 saturated carbocycles. The maximum atomic E-state index is 13.1. The van der Waals surface area contributed by atoms with Crippen LogP contribution in [0.5, 0.6) is 5.75 Å². The Hall–Kier alpha value is -2.90. The van der Waals surface area contributed by atoms with Gasteiger partial charge < -0.3 is 4.74 Å². The Morgan fingerprint density at radius 2 is 1.78 bits per heavy atom. The second-order valence-corrected chi connectivity index (χ2v) is 4.69. The van der Waals surface area contributed by atoms with Gasteiger partial charge in [-0.05, 0) is 36.4 Å². The fourth-order valence-electron chi connectivity index (χ4n) is 2.12. The average molecular weight is 321 g/mol. The zero-order chi connectivity index (χ0) is 16.6. The van der Waals surface area contributed by atoms with Crippen molar-refractivity contribution in [2.45, 2.75) is 6.18 Å². The van der Waals surface area contributed by atoms with Crippen LogP contribution in [-0.4, -0.2) is 21.7 Å². The number of alkyl halides is 3. The maximum Gasteiger partial charge on any atom is 0.433 e. The van der Waals surface area contributed by atoms with Gasteiger partial charge in [-0.25, -0.2) is 4.52 Å². The van der Waals surface area contributed by atoms with Crippen molar-refractivity contribution in [3.8, 4) is 17.0 Å². The zero-order valence-corrected chi connectivity index (χ0v) is 11.8. The van der Waals surface area contributed by atoms with E-state index >= 15 is 0 Å². The van der Waals surface area contributed by atoms with Gasteiger partial charge in [0, 0.05) is 11.6 Å². The van der Waals surface area contributed by atoms with Crippen molar-refractivity contribution < 1.29 is 17.9 Å². The molecule has 8 heteroatoms. The molecule has 0 aliphatic heterocycles. The summed E-state index contributed by atoms with van der Waals surface area (Å²) in [6.45, 7) is 0. The fourth-order valence-corrected chi connectivity index (χ4v) is 2.12. The van der Waals surface area contributed by atoms with Crippen molar-refractivity contribution in [2.75, 3.05) is 7.11 Å². The fraction of sp³-hybridized carbons (Fsp3) is 0.133. The minimum Gasteiger partial charge on any atom is -0.497 e. The van der Waals surface area contributed by atoms with Crippen LogP contribution in [0.25, 0.3) is 16.9 Å². The first-order valence-corrected chi connectivity index (χ1v) is 6.51. The normalized spacial score (nSPS) is 11.7. The summed E-state index contributed by atoms with van der Waals surface area (Å²) in [5.74, 6) is 0.621. The van der Waals surface area contributed by atoms with Crippen molar-refractivity contribution in [1.82, 2.24) is 14.6 Å². The molecule has 2 aromatic heterocycles. The Labute approximate surface area is 128 Å². The van der Waals surface area contributed by atoms with Crippen LogP contribution in [0.2, 0.25) is 0 Å². The maximum absolute atomic E-state index is 13.1. The van der Waals surface area contributed by atoms with Crippen LogP contribution >= 0.6 is 0 Å². The molecule has 0 spiro atoms. The SMILES string of the molecule is COc1ccc(-c2ccc3nc(=O)cc(C(F)(F)F)n3n2)cc1. The molecule has 0 aliphatic carbocycles. The second-order valence-electron chi connectivity index (χ2n) is 4.69. The van der Waals surface area contributed by atoms with Gasteiger partial charge in [-0.3, -0.25) is 4.79 Å². The molecule has 3 aromatic rings. The molecule has 2 heterocycles. The molecule has 0 fully saturated rings. The summed E-state index contributed by atoms with van der Waals surface area (Å²) >= 11 is 0. The van der Waals surface area contributed by atoms with Gasteiger partial charge in [0.25, 0.3) is 5.56 Å². The first-order valence-electron chi connectivity index (χ1n) is 6.51. The molecule has 118 valence electrons. The summed E-state index contributed by atoms with van der Waals surface area (Å²) in [6, 6.07) is 9.96. The summed E-state index contributed by atoms with van der Waals surface area (Å²) in [4.78, 5) is 14.8. The highest BCUT2D eigenvalue weighted by Gasteiger charge is 2.34. The quantitative estimate of drug-likeness (QED) is 0.728. The van der Waals surface area contributed by atoms with Crippen molar-refractivity contribution in [2.24, 2.45) is 0 Å². The Morgan fingerprint density at radius 1 is 1.09 bits per heavy atom. The van der Waals surface area contributed by atoms with Crippen LogP contribution in [0.3, 0.4) is 0 Å². The molecule has 23 heavy (non-hydrogen) atoms. The molecule has 0 atom stereocenters. The number of rotatable bonds is 2. The summed E-state index contributed by atoms with van der Waals surface area (Å²) < 4.78 is 44.9. The molecule has 0 aliphatic rings. The van der Waals surface area contributed by atoms with E-state index in [4.69, 9.17) is 4.74 Å². The number of methoxy groups -OCH3 is 1. The van der Waals surface area contributed by atoms with Gasteiger partial charge in [0.15, 0.2) is 11.3 Å². The minimum absolute atomic E-state index is 0.165. The number of ether oxygens (including phenoxy) is 1. The number of hydrogen-bond acceptors (Lipinski definition) is 4. The van der Waals surface area contributed by atoms with Crippen LogP contribution < -0.4 is 10.3 Å². The third-order valence-corrected chi connectivity index (χ3v) is 3.20. The Kier molecular flexibility index (Phi) is 3.51. The summed E-state index contributed by atoms with van der Waals surface area (Å²) in [5.41, 5.74) is -1.36. The average Bonchev–Trinajstić information content (AvgIpc) is 2.53. The molecule has 5 nitrogen and oxygen atoms in total. The lowest BCUT2D eigenvalue weighted by atomic mass is 10.1. The summed E-state index contributed by atoms with van der Waals surface area (Å²) in [7, 11) is 1.51. The molecule has 0 bridgehead atoms. The van der Waals surface area contributed by atoms with Gasteiger partial charge in [-0.1, -0.05) is 0 Å². The van der Waals surface area contributed by atoms with Gasteiger partial charge in [-0.15, -0.1) is 0 Å². The van der Waals surface area contributed by atoms with E-state index in [0.29, 0.717) is 27.6 Å². The molecule has 1 aromatic carbocycles. The van der Waals surface area contributed by atoms with Crippen LogP contribution in [-0.2, 0) is 6.18 Å². The van der Waals surface area contributed by atoms with Crippen molar-refractivity contribution >= 4 is 5.65 Å². The Bertz CT molecular complexity index is 918. The standard InChI is InChI=1S/C15H10F3N3O2/c1-23-10-4-2-9(3-5-10)11-6-7-13-19-14(22)8-12(15(16,17)18)21(13)20-11/h2-8H,1H3. The van der Waals surface area contributed by atoms with Gasteiger partial charge >= 0.3 is 6.18 Å². The van der Waals surface area contributed by atoms with Crippen LogP contribution in [0.1, 0.15) is 5.69 Å². The van der Waals surface area contributed by atoms with E-state index < -0.39 is 17.4 Å². The van der Waals surface area contributed by atoms with Crippen LogP contribution in [0.15, 0.2) is 47.3 Å². The topological polar surface area (TPSA) is 56.5 Å². The first-order chi connectivity index (χ1) is 10.9. The lowest BCUT2D eigenvalue weighted by Gasteiger charge is -2.11. The minimum atomic E-state index is -4.71. The van der Waals surface area contributed by atoms with E-state index in [1.54, 1.807) is 24.3 Å². The second kappa shape index (κ2) is 5.38. The lowest BCUT2D eigenvalue weighted by molar-refractivity contribution is -0.142. The first kappa shape index (κ1) is 15.0. The van der Waals surface area contributed by atoms with E-state index in [1.165, 1.54) is 19.2 Å². The molecule has 3 rings (SSSR count). The predicted molar refractivity (Wildman–Crippen MR) is 76.2 cm³/mol. The van der Waals surface area contributed by atoms with E-state index in [1.807, 2.05) is 0 Å². The molecule has 0 amide bonds. The monoisotopic (exact) mass is 321 g/mol. The van der Waals surface area contributed by atoms with Gasteiger partial charge in [0.1, 0.15) is 5.75 Å². The molecule has 0 radical (unpaired) electrons. The number of fused-ring (bicyclic) bond motifs is 1. The number of aromatic nitrogens is 3. The van der Waals surface area contributed by atoms with E-state index in [-0.39, 0.29) is 5.65 Å². The number of benzene rings is 1. The smallest absolute Gasteiger partial charge is 0.433 e. The molecular weight excluding hydrogens is 311 g/mol. The Morgan fingerprint density at radius 3 is 2.39 bits per heavy atom. The molecule has 0 unspecified atom stereocenters. The third kappa shape index (κ3) is 2.87. The van der Waals surface area contributed by atoms with Crippen molar-refractivity contribution in [3.05, 3.63) is 58.5 Å². The Balaban J connectivity index is 2.21. The summed E-state index contributed by atoms with van der Waals surface area (Å²) in [5, 5.41) is 3.96. The third-order valence-electron chi connectivity index (χ3n) is 3.20. The molecule has 0 saturated heterocycles. The highest BCUT2D eigenvalue weighted by Crippen LogP contribution is 2.28. The predicted octanol–water partition coefficient (Wildman–Crippen LogP) is 2.78. The van der Waals surface area contributed by atoms with Gasteiger partial charge in [0.05, 0.1) is 12.8 Å². The number of halogens is 3. The lowest BCUT2D eigenvalue weighted by Crippen LogP contribution is -2.20. The van der Waals surface area contributed by atoms with Crippen molar-refractivity contribution in [1.29, 1.82) is 0 Å². The van der Waals surface area contributed by atoms with Gasteiger partial charge in [0.2, 0.25) is 0 Å². The van der Waals surface area contributed by atoms with E-state index in [9.17, 15) is 18.0 Å². The largest absolute Gasteiger partial charge is 0.497 e. The summed E-state index contributed by atoms with van der Waals surface area (Å²) in [6.07, 6.45) is -4.71. The molecule has 0 N–H and O–H groups in total. The van der Waals surface area contributed by atoms with Crippen molar-refractivity contribution in [3.63, 3.8) is 0 Å². The van der Waals surface area contributed by atoms with Crippen LogP contribution in [0, 0.1) is 0 Å². The number of hydrogen-bond donors (Lipinski definition) is 0. The van der Waals surface area contributed by atoms with Crippen LogP contribution in [0.4, 0.5) is 13.2 Å². The van der Waals surface area contributed by atoms with Gasteiger partial charge in [-0.2, -0.15) is 23.3 Å². The van der Waals surface area contributed by atoms with E-state index in [2.05, 4.69) is 10.1 Å². The zero-order valence-electron chi connectivity index (χ0n) is 11.8. The highest BCUT2D eigenvalue weighted by atomic mass is 19.4. The van der Waals surface area contributed by atoms with E-state index in [0.717, 1.165) is 0 Å². The highest BCUT2D eigenvalue weighted by molar-refractivity contribution is 5.61.